The Kier molecular flexibility index (Phi) is 5.66. The fourth-order valence-electron chi connectivity index (χ4n) is 4.40. The van der Waals surface area contributed by atoms with Gasteiger partial charge in [0.05, 0.1) is 37.4 Å². The molecule has 0 spiro atoms. The first-order valence-electron chi connectivity index (χ1n) is 9.55. The van der Waals surface area contributed by atoms with Crippen LogP contribution in [0.3, 0.4) is 0 Å². The summed E-state index contributed by atoms with van der Waals surface area (Å²) in [7, 11) is -1.96. The minimum absolute atomic E-state index is 0.104. The van der Waals surface area contributed by atoms with Crippen LogP contribution in [0.5, 0.6) is 0 Å². The fraction of sp³-hybridized carbons (Fsp3) is 0.526. The molecule has 8 nitrogen and oxygen atoms in total. The summed E-state index contributed by atoms with van der Waals surface area (Å²) in [6.45, 7) is 0.928. The van der Waals surface area contributed by atoms with E-state index in [0.29, 0.717) is 25.3 Å². The second-order valence-electron chi connectivity index (χ2n) is 7.77. The van der Waals surface area contributed by atoms with Crippen molar-refractivity contribution < 1.29 is 26.7 Å². The summed E-state index contributed by atoms with van der Waals surface area (Å²) in [6, 6.07) is 2.32. The van der Waals surface area contributed by atoms with E-state index in [1.807, 2.05) is 0 Å². The maximum atomic E-state index is 14.2. The predicted octanol–water partition coefficient (Wildman–Crippen LogP) is 1.33. The zero-order valence-corrected chi connectivity index (χ0v) is 17.5. The van der Waals surface area contributed by atoms with Gasteiger partial charge in [-0.1, -0.05) is 0 Å². The van der Waals surface area contributed by atoms with Gasteiger partial charge in [-0.2, -0.15) is 9.19 Å². The van der Waals surface area contributed by atoms with Crippen molar-refractivity contribution in [2.45, 2.75) is 37.2 Å². The number of benzene rings is 1. The topological polar surface area (TPSA) is 99.7 Å². The normalized spacial score (nSPS) is 27.4. The number of ether oxygens (including phenoxy) is 2. The first-order chi connectivity index (χ1) is 14.2. The molecule has 1 unspecified atom stereocenters. The summed E-state index contributed by atoms with van der Waals surface area (Å²) < 4.78 is 64.2. The molecule has 1 saturated heterocycles. The summed E-state index contributed by atoms with van der Waals surface area (Å²) >= 11 is 0. The lowest BCUT2D eigenvalue weighted by atomic mass is 9.93. The molecular weight excluding hydrogens is 418 g/mol. The van der Waals surface area contributed by atoms with Gasteiger partial charge in [0.25, 0.3) is 10.0 Å². The molecule has 164 valence electrons. The Morgan fingerprint density at radius 3 is 2.77 bits per heavy atom. The summed E-state index contributed by atoms with van der Waals surface area (Å²) in [5.74, 6) is -1.11. The number of hydrogen-bond donors (Lipinski definition) is 1. The first kappa shape index (κ1) is 21.3. The summed E-state index contributed by atoms with van der Waals surface area (Å²) in [5.41, 5.74) is 7.78. The number of nitrogens with two attached hydrogens (primary N) is 1. The molecule has 1 aromatic carbocycles. The van der Waals surface area contributed by atoms with Gasteiger partial charge in [-0.25, -0.2) is 17.2 Å². The monoisotopic (exact) mass is 442 g/mol. The number of rotatable bonds is 5. The van der Waals surface area contributed by atoms with Crippen LogP contribution in [0.2, 0.25) is 0 Å². The third kappa shape index (κ3) is 3.76. The molecule has 0 amide bonds. The molecular formula is C19H24F2N4O4S. The van der Waals surface area contributed by atoms with Crippen molar-refractivity contribution in [3.63, 3.8) is 0 Å². The molecule has 2 aliphatic rings. The Labute approximate surface area is 173 Å². The van der Waals surface area contributed by atoms with E-state index in [0.717, 1.165) is 34.1 Å². The predicted molar refractivity (Wildman–Crippen MR) is 104 cm³/mol. The smallest absolute Gasteiger partial charge is 0.251 e. The molecule has 2 aliphatic heterocycles. The maximum Gasteiger partial charge on any atom is 0.251 e. The average Bonchev–Trinajstić information content (AvgIpc) is 3.24. The second-order valence-corrected chi connectivity index (χ2v) is 9.58. The lowest BCUT2D eigenvalue weighted by Crippen LogP contribution is -2.49. The van der Waals surface area contributed by atoms with Gasteiger partial charge in [-0.3, -0.25) is 4.90 Å². The van der Waals surface area contributed by atoms with Crippen LogP contribution in [0.15, 0.2) is 24.4 Å². The van der Waals surface area contributed by atoms with Gasteiger partial charge in [0.2, 0.25) is 0 Å². The standard InChI is InChI=1S/C19H24F2N4O4S/c1-28-10-18-14-7-23-25(30(2,26)27)17(14)8-24(18)12-6-16(22)19(29-9-12)13-5-11(20)3-4-15(13)21/h3-5,7,12,16,18-19H,6,8-10,22H2,1-2H3/t12-,16+,18?,19-/m1/s1. The molecule has 4 rings (SSSR count). The summed E-state index contributed by atoms with van der Waals surface area (Å²) in [5, 5.41) is 4.02. The van der Waals surface area contributed by atoms with Gasteiger partial charge in [0, 0.05) is 36.9 Å². The Morgan fingerprint density at radius 1 is 1.33 bits per heavy atom. The highest BCUT2D eigenvalue weighted by Crippen LogP contribution is 2.40. The quantitative estimate of drug-likeness (QED) is 0.746. The van der Waals surface area contributed by atoms with Crippen LogP contribution in [0.4, 0.5) is 8.78 Å². The van der Waals surface area contributed by atoms with Crippen LogP contribution in [0.1, 0.15) is 35.4 Å². The van der Waals surface area contributed by atoms with Crippen LogP contribution >= 0.6 is 0 Å². The molecule has 0 bridgehead atoms. The van der Waals surface area contributed by atoms with Crippen molar-refractivity contribution in [1.29, 1.82) is 0 Å². The van der Waals surface area contributed by atoms with Crippen LogP contribution in [0, 0.1) is 11.6 Å². The van der Waals surface area contributed by atoms with Gasteiger partial charge < -0.3 is 15.2 Å². The highest BCUT2D eigenvalue weighted by atomic mass is 32.2. The van der Waals surface area contributed by atoms with Crippen LogP contribution in [0.25, 0.3) is 0 Å². The third-order valence-electron chi connectivity index (χ3n) is 5.73. The van der Waals surface area contributed by atoms with E-state index in [9.17, 15) is 17.2 Å². The number of hydrogen-bond acceptors (Lipinski definition) is 7. The second kappa shape index (κ2) is 7.97. The molecule has 0 radical (unpaired) electrons. The number of nitrogens with zero attached hydrogens (tertiary/aromatic N) is 3. The largest absolute Gasteiger partial charge is 0.383 e. The van der Waals surface area contributed by atoms with Crippen LogP contribution in [-0.4, -0.2) is 61.2 Å². The Hall–Kier alpha value is -1.92. The van der Waals surface area contributed by atoms with E-state index >= 15 is 0 Å². The third-order valence-corrected chi connectivity index (χ3v) is 6.67. The molecule has 0 saturated carbocycles. The van der Waals surface area contributed by atoms with Gasteiger partial charge in [-0.15, -0.1) is 0 Å². The molecule has 0 aliphatic carbocycles. The lowest BCUT2D eigenvalue weighted by Gasteiger charge is -2.41. The summed E-state index contributed by atoms with van der Waals surface area (Å²) in [4.78, 5) is 2.08. The van der Waals surface area contributed by atoms with Crippen molar-refractivity contribution in [2.24, 2.45) is 5.73 Å². The zero-order valence-electron chi connectivity index (χ0n) is 16.7. The van der Waals surface area contributed by atoms with E-state index < -0.39 is 33.8 Å². The van der Waals surface area contributed by atoms with E-state index in [4.69, 9.17) is 15.2 Å². The minimum atomic E-state index is -3.54. The van der Waals surface area contributed by atoms with Crippen molar-refractivity contribution in [2.75, 3.05) is 26.6 Å². The van der Waals surface area contributed by atoms with Gasteiger partial charge in [0.15, 0.2) is 0 Å². The SMILES string of the molecule is COCC1c2cnn(S(C)(=O)=O)c2CN1[C@H]1CO[C@H](c2cc(F)ccc2F)[C@@H](N)C1. The molecule has 4 atom stereocenters. The van der Waals surface area contributed by atoms with E-state index in [1.165, 1.54) is 0 Å². The number of methoxy groups -OCH3 is 1. The van der Waals surface area contributed by atoms with Crippen LogP contribution in [-0.2, 0) is 26.0 Å². The molecule has 1 aromatic heterocycles. The molecule has 2 aromatic rings. The Balaban J connectivity index is 1.56. The Morgan fingerprint density at radius 2 is 2.10 bits per heavy atom. The molecule has 2 N–H and O–H groups in total. The average molecular weight is 442 g/mol. The molecule has 30 heavy (non-hydrogen) atoms. The maximum absolute atomic E-state index is 14.2. The van der Waals surface area contributed by atoms with Crippen molar-refractivity contribution in [3.8, 4) is 0 Å². The van der Waals surface area contributed by atoms with Crippen molar-refractivity contribution in [3.05, 3.63) is 52.9 Å². The van der Waals surface area contributed by atoms with Crippen molar-refractivity contribution in [1.82, 2.24) is 14.1 Å². The Bertz CT molecular complexity index is 1050. The fourth-order valence-corrected chi connectivity index (χ4v) is 5.18. The number of aromatic nitrogens is 2. The van der Waals surface area contributed by atoms with Gasteiger partial charge in [0.1, 0.15) is 17.7 Å². The zero-order chi connectivity index (χ0) is 21.6. The minimum Gasteiger partial charge on any atom is -0.383 e. The molecule has 1 fully saturated rings. The van der Waals surface area contributed by atoms with Crippen LogP contribution < -0.4 is 5.73 Å². The highest BCUT2D eigenvalue weighted by molar-refractivity contribution is 7.89. The van der Waals surface area contributed by atoms with Crippen molar-refractivity contribution >= 4 is 10.0 Å². The van der Waals surface area contributed by atoms with Gasteiger partial charge in [-0.05, 0) is 24.6 Å². The van der Waals surface area contributed by atoms with E-state index in [-0.39, 0.29) is 24.3 Å². The van der Waals surface area contributed by atoms with Gasteiger partial charge >= 0.3 is 0 Å². The highest BCUT2D eigenvalue weighted by Gasteiger charge is 2.42. The lowest BCUT2D eigenvalue weighted by molar-refractivity contribution is -0.0672. The van der Waals surface area contributed by atoms with E-state index in [1.54, 1.807) is 13.3 Å². The van der Waals surface area contributed by atoms with E-state index in [2.05, 4.69) is 10.00 Å². The molecule has 3 heterocycles. The summed E-state index contributed by atoms with van der Waals surface area (Å²) in [6.07, 6.45) is 2.37. The number of halogens is 2. The first-order valence-corrected chi connectivity index (χ1v) is 11.4. The number of fused-ring (bicyclic) bond motifs is 1. The molecule has 11 heteroatoms.